The summed E-state index contributed by atoms with van der Waals surface area (Å²) >= 11 is 8.70. The van der Waals surface area contributed by atoms with Crippen LogP contribution in [0.3, 0.4) is 0 Å². The molecule has 0 aromatic heterocycles. The highest BCUT2D eigenvalue weighted by Crippen LogP contribution is 2.35. The largest absolute Gasteiger partial charge is 0.142 e. The standard InChI is InChI=1S/C11H14S2/c12-10-6-5-9(7-11(10)13)8-3-1-2-4-8/h5-8,12-13H,1-4H2. The maximum atomic E-state index is 4.38. The molecule has 1 aromatic carbocycles. The van der Waals surface area contributed by atoms with Gasteiger partial charge < -0.3 is 0 Å². The average molecular weight is 210 g/mol. The second kappa shape index (κ2) is 3.97. The van der Waals surface area contributed by atoms with E-state index in [1.54, 1.807) is 0 Å². The van der Waals surface area contributed by atoms with Crippen LogP contribution in [0.25, 0.3) is 0 Å². The van der Waals surface area contributed by atoms with Crippen LogP contribution in [-0.4, -0.2) is 0 Å². The van der Waals surface area contributed by atoms with E-state index in [1.807, 2.05) is 0 Å². The molecular weight excluding hydrogens is 196 g/mol. The molecular formula is C11H14S2. The SMILES string of the molecule is Sc1ccc(C2CCCC2)cc1S. The molecule has 1 saturated carbocycles. The average Bonchev–Trinajstić information content (AvgIpc) is 2.62. The van der Waals surface area contributed by atoms with Crippen molar-refractivity contribution in [1.29, 1.82) is 0 Å². The number of rotatable bonds is 1. The Morgan fingerprint density at radius 2 is 1.69 bits per heavy atom. The smallest absolute Gasteiger partial charge is 0.0177 e. The normalized spacial score (nSPS) is 18.0. The van der Waals surface area contributed by atoms with Gasteiger partial charge in [-0.1, -0.05) is 18.9 Å². The van der Waals surface area contributed by atoms with Crippen molar-refractivity contribution in [3.05, 3.63) is 23.8 Å². The fourth-order valence-corrected chi connectivity index (χ4v) is 2.42. The van der Waals surface area contributed by atoms with Crippen LogP contribution in [-0.2, 0) is 0 Å². The zero-order valence-corrected chi connectivity index (χ0v) is 9.32. The summed E-state index contributed by atoms with van der Waals surface area (Å²) in [6, 6.07) is 6.42. The number of hydrogen-bond acceptors (Lipinski definition) is 2. The van der Waals surface area contributed by atoms with Gasteiger partial charge in [-0.05, 0) is 36.5 Å². The molecule has 2 heteroatoms. The third kappa shape index (κ3) is 2.05. The van der Waals surface area contributed by atoms with Gasteiger partial charge >= 0.3 is 0 Å². The van der Waals surface area contributed by atoms with Gasteiger partial charge in [-0.2, -0.15) is 0 Å². The van der Waals surface area contributed by atoms with E-state index in [2.05, 4.69) is 43.5 Å². The maximum Gasteiger partial charge on any atom is 0.0177 e. The predicted octanol–water partition coefficient (Wildman–Crippen LogP) is 3.92. The highest BCUT2D eigenvalue weighted by atomic mass is 32.1. The minimum Gasteiger partial charge on any atom is -0.142 e. The highest BCUT2D eigenvalue weighted by molar-refractivity contribution is 7.83. The van der Waals surface area contributed by atoms with Gasteiger partial charge in [-0.25, -0.2) is 0 Å². The molecule has 0 atom stereocenters. The molecule has 0 radical (unpaired) electrons. The Morgan fingerprint density at radius 3 is 2.31 bits per heavy atom. The summed E-state index contributed by atoms with van der Waals surface area (Å²) in [5, 5.41) is 0. The van der Waals surface area contributed by atoms with E-state index in [0.29, 0.717) is 0 Å². The summed E-state index contributed by atoms with van der Waals surface area (Å²) in [5.74, 6) is 0.778. The van der Waals surface area contributed by atoms with Crippen molar-refractivity contribution < 1.29 is 0 Å². The molecule has 0 heterocycles. The van der Waals surface area contributed by atoms with Gasteiger partial charge in [-0.3, -0.25) is 0 Å². The molecule has 0 N–H and O–H groups in total. The van der Waals surface area contributed by atoms with E-state index >= 15 is 0 Å². The van der Waals surface area contributed by atoms with Gasteiger partial charge in [0.1, 0.15) is 0 Å². The van der Waals surface area contributed by atoms with Crippen molar-refractivity contribution in [2.24, 2.45) is 0 Å². The van der Waals surface area contributed by atoms with Crippen molar-refractivity contribution in [3.63, 3.8) is 0 Å². The van der Waals surface area contributed by atoms with Crippen LogP contribution in [0, 0.1) is 0 Å². The molecule has 2 rings (SSSR count). The van der Waals surface area contributed by atoms with Crippen LogP contribution < -0.4 is 0 Å². The van der Waals surface area contributed by atoms with Crippen LogP contribution in [0.5, 0.6) is 0 Å². The Morgan fingerprint density at radius 1 is 1.00 bits per heavy atom. The van der Waals surface area contributed by atoms with Gasteiger partial charge in [0, 0.05) is 9.79 Å². The molecule has 0 aliphatic heterocycles. The van der Waals surface area contributed by atoms with Gasteiger partial charge in [0.15, 0.2) is 0 Å². The second-order valence-corrected chi connectivity index (χ2v) is 4.69. The molecule has 0 unspecified atom stereocenters. The van der Waals surface area contributed by atoms with E-state index in [4.69, 9.17) is 0 Å². The van der Waals surface area contributed by atoms with Crippen LogP contribution in [0.1, 0.15) is 37.2 Å². The molecule has 1 aromatic rings. The van der Waals surface area contributed by atoms with Gasteiger partial charge in [-0.15, -0.1) is 25.3 Å². The Balaban J connectivity index is 2.25. The van der Waals surface area contributed by atoms with Crippen molar-refractivity contribution in [2.45, 2.75) is 41.4 Å². The summed E-state index contributed by atoms with van der Waals surface area (Å²) in [6.07, 6.45) is 5.46. The van der Waals surface area contributed by atoms with Crippen LogP contribution in [0.4, 0.5) is 0 Å². The summed E-state index contributed by atoms with van der Waals surface area (Å²) in [6.45, 7) is 0. The Kier molecular flexibility index (Phi) is 2.89. The minimum atomic E-state index is 0.778. The molecule has 1 fully saturated rings. The van der Waals surface area contributed by atoms with Crippen molar-refractivity contribution >= 4 is 25.3 Å². The zero-order chi connectivity index (χ0) is 9.26. The molecule has 0 amide bonds. The first-order valence-electron chi connectivity index (χ1n) is 4.79. The molecule has 0 bridgehead atoms. The third-order valence-electron chi connectivity index (χ3n) is 2.83. The molecule has 70 valence electrons. The summed E-state index contributed by atoms with van der Waals surface area (Å²) in [4.78, 5) is 1.98. The lowest BCUT2D eigenvalue weighted by Gasteiger charge is -2.10. The summed E-state index contributed by atoms with van der Waals surface area (Å²) in [7, 11) is 0. The first kappa shape index (κ1) is 9.47. The summed E-state index contributed by atoms with van der Waals surface area (Å²) in [5.41, 5.74) is 1.44. The Labute approximate surface area is 90.6 Å². The minimum absolute atomic E-state index is 0.778. The molecule has 13 heavy (non-hydrogen) atoms. The van der Waals surface area contributed by atoms with Crippen molar-refractivity contribution in [1.82, 2.24) is 0 Å². The van der Waals surface area contributed by atoms with E-state index in [9.17, 15) is 0 Å². The lowest BCUT2D eigenvalue weighted by molar-refractivity contribution is 0.719. The molecule has 1 aliphatic carbocycles. The second-order valence-electron chi connectivity index (χ2n) is 3.73. The van der Waals surface area contributed by atoms with Gasteiger partial charge in [0.25, 0.3) is 0 Å². The zero-order valence-electron chi connectivity index (χ0n) is 7.53. The molecule has 0 spiro atoms. The topological polar surface area (TPSA) is 0 Å². The number of benzene rings is 1. The fraction of sp³-hybridized carbons (Fsp3) is 0.455. The van der Waals surface area contributed by atoms with Crippen LogP contribution in [0.15, 0.2) is 28.0 Å². The monoisotopic (exact) mass is 210 g/mol. The van der Waals surface area contributed by atoms with E-state index in [0.717, 1.165) is 15.7 Å². The van der Waals surface area contributed by atoms with E-state index < -0.39 is 0 Å². The quantitative estimate of drug-likeness (QED) is 0.645. The Hall–Kier alpha value is -0.0800. The summed E-state index contributed by atoms with van der Waals surface area (Å²) < 4.78 is 0. The maximum absolute atomic E-state index is 4.38. The third-order valence-corrected chi connectivity index (χ3v) is 3.76. The molecule has 1 aliphatic rings. The first-order valence-corrected chi connectivity index (χ1v) is 5.68. The van der Waals surface area contributed by atoms with Crippen molar-refractivity contribution in [2.75, 3.05) is 0 Å². The van der Waals surface area contributed by atoms with E-state index in [-0.39, 0.29) is 0 Å². The van der Waals surface area contributed by atoms with Gasteiger partial charge in [0.2, 0.25) is 0 Å². The fourth-order valence-electron chi connectivity index (χ4n) is 2.05. The number of hydrogen-bond donors (Lipinski definition) is 2. The lowest BCUT2D eigenvalue weighted by atomic mass is 9.98. The predicted molar refractivity (Wildman–Crippen MR) is 62.2 cm³/mol. The first-order chi connectivity index (χ1) is 6.27. The van der Waals surface area contributed by atoms with Crippen LogP contribution >= 0.6 is 25.3 Å². The lowest BCUT2D eigenvalue weighted by Crippen LogP contribution is -1.91. The van der Waals surface area contributed by atoms with Crippen LogP contribution in [0.2, 0.25) is 0 Å². The van der Waals surface area contributed by atoms with Crippen molar-refractivity contribution in [3.8, 4) is 0 Å². The number of thiol groups is 2. The molecule has 0 saturated heterocycles. The van der Waals surface area contributed by atoms with E-state index in [1.165, 1.54) is 31.2 Å². The van der Waals surface area contributed by atoms with Gasteiger partial charge in [0.05, 0.1) is 0 Å². The molecule has 0 nitrogen and oxygen atoms in total. The highest BCUT2D eigenvalue weighted by Gasteiger charge is 2.17. The Bertz CT molecular complexity index is 301.